The summed E-state index contributed by atoms with van der Waals surface area (Å²) in [5.74, 6) is 9.58. The molecule has 218 valence electrons. The molecule has 1 saturated heterocycles. The summed E-state index contributed by atoms with van der Waals surface area (Å²) in [5, 5.41) is 3.75. The Morgan fingerprint density at radius 3 is 2.36 bits per heavy atom. The Balaban J connectivity index is 1.10. The van der Waals surface area contributed by atoms with Crippen molar-refractivity contribution < 1.29 is 0 Å². The quantitative estimate of drug-likeness (QED) is 0.307. The van der Waals surface area contributed by atoms with Crippen LogP contribution in [-0.4, -0.2) is 12.6 Å². The van der Waals surface area contributed by atoms with Crippen molar-refractivity contribution in [1.29, 1.82) is 0 Å². The molecule has 9 atom stereocenters. The number of hydrogen-bond acceptors (Lipinski definition) is 1. The lowest BCUT2D eigenvalue weighted by Crippen LogP contribution is -2.45. The minimum absolute atomic E-state index is 0.755. The lowest BCUT2D eigenvalue weighted by Gasteiger charge is -2.53. The van der Waals surface area contributed by atoms with Gasteiger partial charge in [0.1, 0.15) is 0 Å². The smallest absolute Gasteiger partial charge is 0.0102 e. The van der Waals surface area contributed by atoms with Gasteiger partial charge < -0.3 is 5.32 Å². The van der Waals surface area contributed by atoms with Crippen molar-refractivity contribution in [2.75, 3.05) is 6.54 Å². The molecule has 1 aliphatic heterocycles. The molecule has 1 heteroatoms. The lowest BCUT2D eigenvalue weighted by atomic mass is 9.52. The molecule has 1 nitrogen and oxygen atoms in total. The summed E-state index contributed by atoms with van der Waals surface area (Å²) in [6.07, 6.45) is 39.3. The fraction of sp³-hybridized carbons (Fsp3) is 0.842. The maximum absolute atomic E-state index is 3.75. The zero-order valence-corrected chi connectivity index (χ0v) is 25.7. The number of allylic oxidation sites excluding steroid dienone is 5. The molecule has 0 amide bonds. The summed E-state index contributed by atoms with van der Waals surface area (Å²) >= 11 is 0. The third-order valence-electron chi connectivity index (χ3n) is 13.2. The normalized spacial score (nSPS) is 43.6. The number of rotatable bonds is 8. The zero-order valence-electron chi connectivity index (χ0n) is 25.7. The summed E-state index contributed by atoms with van der Waals surface area (Å²) in [7, 11) is 0. The fourth-order valence-electron chi connectivity index (χ4n) is 10.9. The van der Waals surface area contributed by atoms with Crippen LogP contribution in [0.5, 0.6) is 0 Å². The third kappa shape index (κ3) is 6.49. The SMILES string of the molecule is CCC(C)C/C(=C\CC1CCCN1)C1CCC(C2CCC(C3C=CCC4C=CCCC43)C3CCCCC23)CC1. The van der Waals surface area contributed by atoms with Gasteiger partial charge in [-0.1, -0.05) is 69.1 Å². The zero-order chi connectivity index (χ0) is 26.6. The molecule has 4 fully saturated rings. The van der Waals surface area contributed by atoms with E-state index < -0.39 is 0 Å². The Labute approximate surface area is 242 Å². The average molecular weight is 532 g/mol. The van der Waals surface area contributed by atoms with Gasteiger partial charge in [0.05, 0.1) is 0 Å². The molecule has 39 heavy (non-hydrogen) atoms. The summed E-state index contributed by atoms with van der Waals surface area (Å²) in [4.78, 5) is 0. The average Bonchev–Trinajstić information content (AvgIpc) is 3.52. The van der Waals surface area contributed by atoms with Crippen LogP contribution in [0.15, 0.2) is 36.0 Å². The van der Waals surface area contributed by atoms with Crippen LogP contribution in [0.1, 0.15) is 129 Å². The summed E-state index contributed by atoms with van der Waals surface area (Å²) in [6.45, 7) is 6.12. The Bertz CT molecular complexity index is 852. The predicted molar refractivity (Wildman–Crippen MR) is 168 cm³/mol. The molecule has 9 unspecified atom stereocenters. The van der Waals surface area contributed by atoms with Crippen molar-refractivity contribution in [1.82, 2.24) is 5.32 Å². The first kappa shape index (κ1) is 28.3. The van der Waals surface area contributed by atoms with E-state index in [2.05, 4.69) is 49.5 Å². The Kier molecular flexibility index (Phi) is 9.75. The van der Waals surface area contributed by atoms with Crippen LogP contribution >= 0.6 is 0 Å². The van der Waals surface area contributed by atoms with Gasteiger partial charge in [0.15, 0.2) is 0 Å². The molecule has 3 saturated carbocycles. The van der Waals surface area contributed by atoms with Gasteiger partial charge in [0.25, 0.3) is 0 Å². The highest BCUT2D eigenvalue weighted by Crippen LogP contribution is 2.56. The maximum Gasteiger partial charge on any atom is 0.0102 e. The third-order valence-corrected chi connectivity index (χ3v) is 13.2. The highest BCUT2D eigenvalue weighted by Gasteiger charge is 2.48. The van der Waals surface area contributed by atoms with E-state index in [9.17, 15) is 0 Å². The van der Waals surface area contributed by atoms with E-state index in [1.807, 2.05) is 5.57 Å². The monoisotopic (exact) mass is 531 g/mol. The lowest BCUT2D eigenvalue weighted by molar-refractivity contribution is -0.0207. The standard InChI is InChI=1S/C38H61N/c1-3-27(2)26-31(21-22-32-12-9-25-39-32)28-17-19-30(20-18-28)34-23-24-38(37-15-7-6-14-35(34)37)36-16-8-11-29-10-4-5-13-33(29)36/h4,8,10,16,21,27-30,32-39H,3,5-7,9,11-15,17-20,22-26H2,1-2H3/b31-21+. The van der Waals surface area contributed by atoms with Crippen molar-refractivity contribution in [2.24, 2.45) is 59.2 Å². The van der Waals surface area contributed by atoms with Crippen molar-refractivity contribution in [3.05, 3.63) is 36.0 Å². The summed E-state index contributed by atoms with van der Waals surface area (Å²) < 4.78 is 0. The first-order chi connectivity index (χ1) is 19.2. The van der Waals surface area contributed by atoms with Gasteiger partial charge in [-0.15, -0.1) is 0 Å². The highest BCUT2D eigenvalue weighted by atomic mass is 14.9. The predicted octanol–water partition coefficient (Wildman–Crippen LogP) is 10.3. The summed E-state index contributed by atoms with van der Waals surface area (Å²) in [5.41, 5.74) is 1.86. The number of nitrogens with one attached hydrogen (secondary N) is 1. The second-order valence-corrected chi connectivity index (χ2v) is 15.2. The van der Waals surface area contributed by atoms with Crippen molar-refractivity contribution in [2.45, 2.75) is 135 Å². The highest BCUT2D eigenvalue weighted by molar-refractivity contribution is 5.13. The molecule has 6 aliphatic rings. The Morgan fingerprint density at radius 2 is 1.59 bits per heavy atom. The largest absolute Gasteiger partial charge is 0.314 e. The molecule has 0 spiro atoms. The molecule has 0 aromatic heterocycles. The first-order valence-corrected chi connectivity index (χ1v) is 18.0. The topological polar surface area (TPSA) is 12.0 Å². The maximum atomic E-state index is 3.75. The molecular weight excluding hydrogens is 470 g/mol. The minimum Gasteiger partial charge on any atom is -0.314 e. The molecule has 1 N–H and O–H groups in total. The minimum atomic E-state index is 0.755. The number of hydrogen-bond donors (Lipinski definition) is 1. The van der Waals surface area contributed by atoms with Crippen LogP contribution < -0.4 is 5.32 Å². The van der Waals surface area contributed by atoms with E-state index in [0.29, 0.717) is 0 Å². The van der Waals surface area contributed by atoms with Gasteiger partial charge in [0, 0.05) is 6.04 Å². The van der Waals surface area contributed by atoms with Crippen LogP contribution in [0.4, 0.5) is 0 Å². The Morgan fingerprint density at radius 1 is 0.795 bits per heavy atom. The van der Waals surface area contributed by atoms with Gasteiger partial charge in [-0.2, -0.15) is 0 Å². The summed E-state index contributed by atoms with van der Waals surface area (Å²) in [6, 6.07) is 0.755. The van der Waals surface area contributed by atoms with E-state index in [0.717, 1.165) is 65.2 Å². The van der Waals surface area contributed by atoms with Crippen molar-refractivity contribution in [3.63, 3.8) is 0 Å². The van der Waals surface area contributed by atoms with Gasteiger partial charge in [0.2, 0.25) is 0 Å². The van der Waals surface area contributed by atoms with Crippen LogP contribution in [0.2, 0.25) is 0 Å². The van der Waals surface area contributed by atoms with Crippen LogP contribution in [0.25, 0.3) is 0 Å². The van der Waals surface area contributed by atoms with Crippen molar-refractivity contribution in [3.8, 4) is 0 Å². The van der Waals surface area contributed by atoms with Crippen LogP contribution in [0, 0.1) is 59.2 Å². The van der Waals surface area contributed by atoms with E-state index >= 15 is 0 Å². The second-order valence-electron chi connectivity index (χ2n) is 15.2. The van der Waals surface area contributed by atoms with Crippen LogP contribution in [-0.2, 0) is 0 Å². The van der Waals surface area contributed by atoms with E-state index in [1.54, 1.807) is 25.7 Å². The molecule has 0 bridgehead atoms. The fourth-order valence-corrected chi connectivity index (χ4v) is 10.9. The molecule has 5 aliphatic carbocycles. The van der Waals surface area contributed by atoms with E-state index in [-0.39, 0.29) is 0 Å². The van der Waals surface area contributed by atoms with Crippen molar-refractivity contribution >= 4 is 0 Å². The van der Waals surface area contributed by atoms with Gasteiger partial charge >= 0.3 is 0 Å². The van der Waals surface area contributed by atoms with E-state index in [4.69, 9.17) is 0 Å². The molecule has 1 heterocycles. The molecule has 6 rings (SSSR count). The first-order valence-electron chi connectivity index (χ1n) is 18.0. The van der Waals surface area contributed by atoms with Gasteiger partial charge in [-0.3, -0.25) is 0 Å². The van der Waals surface area contributed by atoms with Crippen LogP contribution in [0.3, 0.4) is 0 Å². The molecule has 0 radical (unpaired) electrons. The molecule has 0 aromatic rings. The molecular formula is C38H61N. The Hall–Kier alpha value is -0.820. The van der Waals surface area contributed by atoms with E-state index in [1.165, 1.54) is 96.4 Å². The molecule has 0 aromatic carbocycles. The van der Waals surface area contributed by atoms with Gasteiger partial charge in [-0.25, -0.2) is 0 Å². The van der Waals surface area contributed by atoms with Gasteiger partial charge in [-0.05, 0) is 162 Å². The number of fused-ring (bicyclic) bond motifs is 2. The second kappa shape index (κ2) is 13.4.